The van der Waals surface area contributed by atoms with Crippen LogP contribution in [0.4, 0.5) is 0 Å². The summed E-state index contributed by atoms with van der Waals surface area (Å²) in [7, 11) is 3.14. The number of carbonyl (C=O) groups is 1. The molecule has 0 saturated carbocycles. The largest absolute Gasteiger partial charge is 0.496 e. The van der Waals surface area contributed by atoms with Crippen LogP contribution in [0.25, 0.3) is 0 Å². The van der Waals surface area contributed by atoms with Crippen LogP contribution in [0.3, 0.4) is 0 Å². The van der Waals surface area contributed by atoms with E-state index >= 15 is 0 Å². The van der Waals surface area contributed by atoms with Crippen LogP contribution in [-0.4, -0.2) is 25.1 Å². The number of hydrogen-bond acceptors (Lipinski definition) is 4. The van der Waals surface area contributed by atoms with Crippen molar-refractivity contribution >= 4 is 5.78 Å². The normalized spacial score (nSPS) is 29.9. The lowest BCUT2D eigenvalue weighted by Gasteiger charge is -2.59. The zero-order valence-electron chi connectivity index (χ0n) is 14.2. The number of ketones is 1. The zero-order valence-corrected chi connectivity index (χ0v) is 14.2. The van der Waals surface area contributed by atoms with Crippen molar-refractivity contribution in [2.75, 3.05) is 14.2 Å². The van der Waals surface area contributed by atoms with Crippen LogP contribution < -0.4 is 9.47 Å². The summed E-state index contributed by atoms with van der Waals surface area (Å²) in [6.45, 7) is 3.78. The van der Waals surface area contributed by atoms with Gasteiger partial charge in [0.15, 0.2) is 5.78 Å². The summed E-state index contributed by atoms with van der Waals surface area (Å²) in [5.74, 6) is 0.945. The Kier molecular flexibility index (Phi) is 2.92. The molecule has 0 amide bonds. The Balaban J connectivity index is 1.94. The molecule has 124 valence electrons. The molecule has 4 rings (SSSR count). The average Bonchev–Trinajstić information content (AvgIpc) is 2.64. The van der Waals surface area contributed by atoms with Crippen LogP contribution in [0.15, 0.2) is 36.4 Å². The molecule has 2 aliphatic carbocycles. The van der Waals surface area contributed by atoms with Crippen molar-refractivity contribution < 1.29 is 19.4 Å². The summed E-state index contributed by atoms with van der Waals surface area (Å²) in [5, 5.41) is 11.7. The molecule has 0 aromatic heterocycles. The number of fused-ring (bicyclic) bond motifs is 2. The second-order valence-electron chi connectivity index (χ2n) is 6.75. The Morgan fingerprint density at radius 3 is 2.33 bits per heavy atom. The van der Waals surface area contributed by atoms with Crippen molar-refractivity contribution in [1.29, 1.82) is 0 Å². The monoisotopic (exact) mass is 324 g/mol. The maximum Gasteiger partial charge on any atom is 0.180 e. The number of hydrogen-bond donors (Lipinski definition) is 1. The predicted molar refractivity (Wildman–Crippen MR) is 90.0 cm³/mol. The smallest absolute Gasteiger partial charge is 0.180 e. The number of Topliss-reactive ketones (excluding diaryl/α,β-unsaturated/α-hetero) is 1. The van der Waals surface area contributed by atoms with Gasteiger partial charge in [0.1, 0.15) is 17.1 Å². The third-order valence-electron chi connectivity index (χ3n) is 5.98. The summed E-state index contributed by atoms with van der Waals surface area (Å²) in [6.07, 6.45) is 0. The predicted octanol–water partition coefficient (Wildman–Crippen LogP) is 3.16. The van der Waals surface area contributed by atoms with Gasteiger partial charge in [-0.2, -0.15) is 0 Å². The van der Waals surface area contributed by atoms with Gasteiger partial charge in [0.05, 0.1) is 25.2 Å². The lowest BCUT2D eigenvalue weighted by molar-refractivity contribution is -0.0769. The minimum atomic E-state index is -1.29. The summed E-state index contributed by atoms with van der Waals surface area (Å²) < 4.78 is 10.8. The van der Waals surface area contributed by atoms with Crippen molar-refractivity contribution in [2.24, 2.45) is 0 Å². The Morgan fingerprint density at radius 2 is 1.67 bits per heavy atom. The average molecular weight is 324 g/mol. The maximum atomic E-state index is 13.1. The third kappa shape index (κ3) is 1.37. The van der Waals surface area contributed by atoms with Crippen LogP contribution in [-0.2, 0) is 11.0 Å². The summed E-state index contributed by atoms with van der Waals surface area (Å²) >= 11 is 0. The molecule has 1 N–H and O–H groups in total. The van der Waals surface area contributed by atoms with Gasteiger partial charge in [-0.15, -0.1) is 0 Å². The van der Waals surface area contributed by atoms with Gasteiger partial charge in [-0.3, -0.25) is 4.79 Å². The van der Waals surface area contributed by atoms with Crippen LogP contribution in [0.5, 0.6) is 11.5 Å². The van der Waals surface area contributed by atoms with E-state index in [9.17, 15) is 9.90 Å². The minimum absolute atomic E-state index is 0.0825. The Hall–Kier alpha value is -2.33. The van der Waals surface area contributed by atoms with Gasteiger partial charge < -0.3 is 14.6 Å². The van der Waals surface area contributed by atoms with Gasteiger partial charge in [0, 0.05) is 11.5 Å². The highest BCUT2D eigenvalue weighted by Gasteiger charge is 2.69. The Bertz CT molecular complexity index is 858. The van der Waals surface area contributed by atoms with Crippen LogP contribution >= 0.6 is 0 Å². The summed E-state index contributed by atoms with van der Waals surface area (Å²) in [5.41, 5.74) is 0.874. The first-order valence-corrected chi connectivity index (χ1v) is 8.05. The SMILES string of the molecule is COc1cccc2c1C(=O)C2(C)C1(O)c2c(OC)cccc2C1C. The first-order valence-electron chi connectivity index (χ1n) is 8.05. The van der Waals surface area contributed by atoms with E-state index in [1.807, 2.05) is 44.2 Å². The number of aliphatic hydroxyl groups is 1. The van der Waals surface area contributed by atoms with Gasteiger partial charge in [-0.25, -0.2) is 0 Å². The highest BCUT2D eigenvalue weighted by molar-refractivity contribution is 6.17. The molecule has 2 aromatic rings. The quantitative estimate of drug-likeness (QED) is 0.942. The second kappa shape index (κ2) is 4.61. The standard InChI is InChI=1S/C20H20O4/c1-11-12-7-5-10-15(24-4)17(12)20(11,22)19(2)13-8-6-9-14(23-3)16(13)18(19)21/h5-11,22H,1-4H3. The van der Waals surface area contributed by atoms with Gasteiger partial charge in [-0.1, -0.05) is 31.2 Å². The first-order chi connectivity index (χ1) is 11.4. The summed E-state index contributed by atoms with van der Waals surface area (Å²) in [6, 6.07) is 11.3. The van der Waals surface area contributed by atoms with Crippen molar-refractivity contribution in [3.05, 3.63) is 58.7 Å². The number of carbonyl (C=O) groups excluding carboxylic acids is 1. The molecule has 0 fully saturated rings. The van der Waals surface area contributed by atoms with Gasteiger partial charge >= 0.3 is 0 Å². The molecule has 4 nitrogen and oxygen atoms in total. The Labute approximate surface area is 141 Å². The maximum absolute atomic E-state index is 13.1. The molecule has 3 atom stereocenters. The highest BCUT2D eigenvalue weighted by Crippen LogP contribution is 2.66. The van der Waals surface area contributed by atoms with Crippen LogP contribution in [0.2, 0.25) is 0 Å². The van der Waals surface area contributed by atoms with Crippen LogP contribution in [0.1, 0.15) is 46.8 Å². The minimum Gasteiger partial charge on any atom is -0.496 e. The fraction of sp³-hybridized carbons (Fsp3) is 0.350. The van der Waals surface area contributed by atoms with Crippen molar-refractivity contribution in [2.45, 2.75) is 30.8 Å². The Morgan fingerprint density at radius 1 is 1.04 bits per heavy atom. The van der Waals surface area contributed by atoms with Crippen LogP contribution in [0, 0.1) is 0 Å². The molecule has 2 aliphatic rings. The van der Waals surface area contributed by atoms with E-state index in [0.717, 1.165) is 16.7 Å². The number of methoxy groups -OCH3 is 2. The molecule has 0 radical (unpaired) electrons. The van der Waals surface area contributed by atoms with Crippen molar-refractivity contribution in [3.8, 4) is 11.5 Å². The van der Waals surface area contributed by atoms with Crippen molar-refractivity contribution in [1.82, 2.24) is 0 Å². The van der Waals surface area contributed by atoms with E-state index in [4.69, 9.17) is 9.47 Å². The number of ether oxygens (including phenoxy) is 2. The summed E-state index contributed by atoms with van der Waals surface area (Å²) in [4.78, 5) is 13.1. The molecule has 0 saturated heterocycles. The third-order valence-corrected chi connectivity index (χ3v) is 5.98. The van der Waals surface area contributed by atoms with Gasteiger partial charge in [0.2, 0.25) is 0 Å². The molecule has 4 heteroatoms. The van der Waals surface area contributed by atoms with E-state index in [1.165, 1.54) is 0 Å². The fourth-order valence-corrected chi connectivity index (χ4v) is 4.57. The molecule has 24 heavy (non-hydrogen) atoms. The first kappa shape index (κ1) is 15.2. The fourth-order valence-electron chi connectivity index (χ4n) is 4.57. The molecular weight excluding hydrogens is 304 g/mol. The van der Waals surface area contributed by atoms with E-state index in [-0.39, 0.29) is 11.7 Å². The highest BCUT2D eigenvalue weighted by atomic mass is 16.5. The molecule has 0 heterocycles. The number of rotatable bonds is 3. The van der Waals surface area contributed by atoms with E-state index in [2.05, 4.69) is 0 Å². The molecule has 3 unspecified atom stereocenters. The lowest BCUT2D eigenvalue weighted by atomic mass is 9.45. The topological polar surface area (TPSA) is 55.8 Å². The second-order valence-corrected chi connectivity index (χ2v) is 6.75. The van der Waals surface area contributed by atoms with E-state index < -0.39 is 11.0 Å². The van der Waals surface area contributed by atoms with E-state index in [1.54, 1.807) is 20.3 Å². The van der Waals surface area contributed by atoms with Gasteiger partial charge in [0.25, 0.3) is 0 Å². The number of benzene rings is 2. The van der Waals surface area contributed by atoms with Crippen molar-refractivity contribution in [3.63, 3.8) is 0 Å². The van der Waals surface area contributed by atoms with Gasteiger partial charge in [-0.05, 0) is 30.2 Å². The lowest BCUT2D eigenvalue weighted by Crippen LogP contribution is -2.65. The molecular formula is C20H20O4. The molecule has 0 bridgehead atoms. The van der Waals surface area contributed by atoms with E-state index in [0.29, 0.717) is 17.1 Å². The molecule has 0 aliphatic heterocycles. The zero-order chi connectivity index (χ0) is 17.3. The molecule has 0 spiro atoms. The molecule has 2 aromatic carbocycles.